The van der Waals surface area contributed by atoms with Crippen LogP contribution in [0.15, 0.2) is 54.6 Å². The lowest BCUT2D eigenvalue weighted by Crippen LogP contribution is -2.22. The summed E-state index contributed by atoms with van der Waals surface area (Å²) in [5.74, 6) is 1.00. The Morgan fingerprint density at radius 2 is 1.94 bits per heavy atom. The summed E-state index contributed by atoms with van der Waals surface area (Å²) >= 11 is 1.56. The number of imidazole rings is 1. The maximum atomic E-state index is 14.1. The Morgan fingerprint density at radius 3 is 2.69 bits per heavy atom. The van der Waals surface area contributed by atoms with Crippen LogP contribution in [0, 0.1) is 18.7 Å². The second kappa shape index (κ2) is 9.86. The first-order valence-electron chi connectivity index (χ1n) is 12.3. The average Bonchev–Trinajstić information content (AvgIpc) is 3.47. The van der Waals surface area contributed by atoms with Crippen molar-refractivity contribution in [3.63, 3.8) is 0 Å². The van der Waals surface area contributed by atoms with Crippen molar-refractivity contribution in [2.75, 3.05) is 0 Å². The number of hydrogen-bond donors (Lipinski definition) is 0. The van der Waals surface area contributed by atoms with Gasteiger partial charge in [-0.15, -0.1) is 11.3 Å². The summed E-state index contributed by atoms with van der Waals surface area (Å²) in [6.45, 7) is 3.87. The van der Waals surface area contributed by atoms with Crippen molar-refractivity contribution < 1.29 is 14.0 Å². The van der Waals surface area contributed by atoms with Crippen molar-refractivity contribution in [1.82, 2.24) is 9.55 Å². The van der Waals surface area contributed by atoms with E-state index in [4.69, 9.17) is 4.98 Å². The number of carbonyl (C=O) groups is 2. The standard InChI is InChI=1S/C29H29FN2O2S/c1-3-26(33)20-11-12-25-24(17-20)31-29(21-7-5-8-22(30)16-21)32(25)23-9-4-6-19(14-23)15-27(34)28-13-10-18(2)35-28/h5,7-8,10-13,16-17,19,23H,3-4,6,9,14-15H2,1-2H3/t19-,23+/m1/s1. The number of carbonyl (C=O) groups excluding carboxylic acids is 2. The van der Waals surface area contributed by atoms with Gasteiger partial charge in [-0.2, -0.15) is 0 Å². The topological polar surface area (TPSA) is 52.0 Å². The van der Waals surface area contributed by atoms with E-state index in [2.05, 4.69) is 4.57 Å². The fourth-order valence-corrected chi connectivity index (χ4v) is 6.12. The van der Waals surface area contributed by atoms with Crippen LogP contribution in [0.1, 0.15) is 76.4 Å². The Labute approximate surface area is 208 Å². The fraction of sp³-hybridized carbons (Fsp3) is 0.345. The van der Waals surface area contributed by atoms with Gasteiger partial charge in [0, 0.05) is 34.9 Å². The average molecular weight is 489 g/mol. The van der Waals surface area contributed by atoms with Crippen LogP contribution in [-0.4, -0.2) is 21.1 Å². The van der Waals surface area contributed by atoms with E-state index in [1.54, 1.807) is 17.4 Å². The fourth-order valence-electron chi connectivity index (χ4n) is 5.31. The van der Waals surface area contributed by atoms with Crippen LogP contribution in [0.5, 0.6) is 0 Å². The SMILES string of the molecule is CCC(=O)c1ccc2c(c1)nc(-c1cccc(F)c1)n2[C@H]1CCC[C@@H](CC(=O)c2ccc(C)s2)C1. The molecule has 1 aliphatic rings. The molecule has 0 amide bonds. The smallest absolute Gasteiger partial charge is 0.173 e. The van der Waals surface area contributed by atoms with Crippen LogP contribution in [0.4, 0.5) is 4.39 Å². The van der Waals surface area contributed by atoms with Gasteiger partial charge in [0.05, 0.1) is 15.9 Å². The lowest BCUT2D eigenvalue weighted by atomic mass is 9.82. The molecule has 0 radical (unpaired) electrons. The number of benzene rings is 2. The molecule has 180 valence electrons. The molecule has 0 unspecified atom stereocenters. The molecule has 1 aliphatic carbocycles. The molecule has 0 saturated heterocycles. The van der Waals surface area contributed by atoms with Crippen LogP contribution in [-0.2, 0) is 0 Å². The van der Waals surface area contributed by atoms with Crippen LogP contribution in [0.3, 0.4) is 0 Å². The van der Waals surface area contributed by atoms with E-state index in [-0.39, 0.29) is 23.4 Å². The lowest BCUT2D eigenvalue weighted by Gasteiger charge is -2.31. The Balaban J connectivity index is 1.51. The summed E-state index contributed by atoms with van der Waals surface area (Å²) in [6.07, 6.45) is 4.90. The number of aryl methyl sites for hydroxylation is 1. The molecule has 1 saturated carbocycles. The number of fused-ring (bicyclic) bond motifs is 1. The van der Waals surface area contributed by atoms with E-state index >= 15 is 0 Å². The number of aromatic nitrogens is 2. The molecular formula is C29H29FN2O2S. The first kappa shape index (κ1) is 23.6. The highest BCUT2D eigenvalue weighted by Crippen LogP contribution is 2.40. The van der Waals surface area contributed by atoms with E-state index in [9.17, 15) is 14.0 Å². The van der Waals surface area contributed by atoms with Crippen molar-refractivity contribution in [3.8, 4) is 11.4 Å². The maximum absolute atomic E-state index is 14.1. The Kier molecular flexibility index (Phi) is 6.65. The Hall–Kier alpha value is -3.12. The minimum absolute atomic E-state index is 0.0776. The number of rotatable bonds is 7. The predicted octanol–water partition coefficient (Wildman–Crippen LogP) is 7.81. The van der Waals surface area contributed by atoms with Crippen LogP contribution >= 0.6 is 11.3 Å². The van der Waals surface area contributed by atoms with Gasteiger partial charge in [-0.05, 0) is 74.6 Å². The van der Waals surface area contributed by atoms with E-state index in [1.807, 2.05) is 50.2 Å². The van der Waals surface area contributed by atoms with E-state index in [0.29, 0.717) is 30.1 Å². The van der Waals surface area contributed by atoms with Gasteiger partial charge in [-0.1, -0.05) is 25.5 Å². The zero-order valence-corrected chi connectivity index (χ0v) is 20.9. The number of hydrogen-bond acceptors (Lipinski definition) is 4. The highest BCUT2D eigenvalue weighted by Gasteiger charge is 2.29. The molecule has 6 heteroatoms. The van der Waals surface area contributed by atoms with Gasteiger partial charge in [0.25, 0.3) is 0 Å². The highest BCUT2D eigenvalue weighted by molar-refractivity contribution is 7.14. The predicted molar refractivity (Wildman–Crippen MR) is 139 cm³/mol. The number of ketones is 2. The lowest BCUT2D eigenvalue weighted by molar-refractivity contribution is 0.0944. The summed E-state index contributed by atoms with van der Waals surface area (Å²) in [5, 5.41) is 0. The molecule has 2 aromatic carbocycles. The molecule has 0 spiro atoms. The van der Waals surface area contributed by atoms with Gasteiger partial charge in [-0.3, -0.25) is 9.59 Å². The van der Waals surface area contributed by atoms with Gasteiger partial charge >= 0.3 is 0 Å². The molecule has 4 aromatic rings. The third-order valence-electron chi connectivity index (χ3n) is 7.02. The van der Waals surface area contributed by atoms with Crippen LogP contribution in [0.25, 0.3) is 22.4 Å². The van der Waals surface area contributed by atoms with Crippen molar-refractivity contribution in [3.05, 3.63) is 75.7 Å². The molecule has 0 aliphatic heterocycles. The van der Waals surface area contributed by atoms with Crippen molar-refractivity contribution in [2.24, 2.45) is 5.92 Å². The molecule has 2 atom stereocenters. The zero-order chi connectivity index (χ0) is 24.5. The second-order valence-corrected chi connectivity index (χ2v) is 10.8. The maximum Gasteiger partial charge on any atom is 0.173 e. The minimum atomic E-state index is -0.304. The van der Waals surface area contributed by atoms with Crippen molar-refractivity contribution >= 4 is 33.9 Å². The quantitative estimate of drug-likeness (QED) is 0.249. The second-order valence-electron chi connectivity index (χ2n) is 9.52. The largest absolute Gasteiger partial charge is 0.321 e. The summed E-state index contributed by atoms with van der Waals surface area (Å²) < 4.78 is 16.4. The molecular weight excluding hydrogens is 459 g/mol. The Bertz CT molecular complexity index is 1400. The number of nitrogens with zero attached hydrogens (tertiary/aromatic N) is 2. The number of thiophene rings is 1. The molecule has 0 N–H and O–H groups in total. The van der Waals surface area contributed by atoms with Crippen molar-refractivity contribution in [1.29, 1.82) is 0 Å². The summed E-state index contributed by atoms with van der Waals surface area (Å²) in [6, 6.07) is 16.3. The molecule has 0 bridgehead atoms. The zero-order valence-electron chi connectivity index (χ0n) is 20.1. The third kappa shape index (κ3) is 4.85. The van der Waals surface area contributed by atoms with Crippen LogP contribution in [0.2, 0.25) is 0 Å². The molecule has 4 nitrogen and oxygen atoms in total. The highest BCUT2D eigenvalue weighted by atomic mass is 32.1. The van der Waals surface area contributed by atoms with E-state index in [0.717, 1.165) is 52.0 Å². The van der Waals surface area contributed by atoms with Gasteiger partial charge in [-0.25, -0.2) is 9.37 Å². The van der Waals surface area contributed by atoms with E-state index < -0.39 is 0 Å². The number of Topliss-reactive ketones (excluding diaryl/α,β-unsaturated/α-hetero) is 2. The molecule has 2 aromatic heterocycles. The Morgan fingerprint density at radius 1 is 1.09 bits per heavy atom. The molecule has 35 heavy (non-hydrogen) atoms. The summed E-state index contributed by atoms with van der Waals surface area (Å²) in [7, 11) is 0. The third-order valence-corrected chi connectivity index (χ3v) is 8.07. The normalized spacial score (nSPS) is 18.1. The summed E-state index contributed by atoms with van der Waals surface area (Å²) in [5.41, 5.74) is 3.06. The van der Waals surface area contributed by atoms with Gasteiger partial charge < -0.3 is 4.57 Å². The molecule has 2 heterocycles. The van der Waals surface area contributed by atoms with E-state index in [1.165, 1.54) is 12.1 Å². The molecule has 5 rings (SSSR count). The van der Waals surface area contributed by atoms with Gasteiger partial charge in [0.15, 0.2) is 11.6 Å². The van der Waals surface area contributed by atoms with Crippen molar-refractivity contribution in [2.45, 2.75) is 58.4 Å². The first-order chi connectivity index (χ1) is 16.9. The summed E-state index contributed by atoms with van der Waals surface area (Å²) in [4.78, 5) is 32.1. The number of halogens is 1. The van der Waals surface area contributed by atoms with Gasteiger partial charge in [0.2, 0.25) is 0 Å². The first-order valence-corrected chi connectivity index (χ1v) is 13.2. The van der Waals surface area contributed by atoms with Gasteiger partial charge in [0.1, 0.15) is 11.6 Å². The minimum Gasteiger partial charge on any atom is -0.321 e. The monoisotopic (exact) mass is 488 g/mol. The van der Waals surface area contributed by atoms with Crippen LogP contribution < -0.4 is 0 Å². The molecule has 1 fully saturated rings.